The molecule has 1 rings (SSSR count). The fourth-order valence-corrected chi connectivity index (χ4v) is 1.55. The second kappa shape index (κ2) is 6.77. The molecule has 0 radical (unpaired) electrons. The highest BCUT2D eigenvalue weighted by molar-refractivity contribution is 5.99. The van der Waals surface area contributed by atoms with Crippen molar-refractivity contribution in [3.05, 3.63) is 11.4 Å². The Morgan fingerprint density at radius 1 is 1.42 bits per heavy atom. The molecule has 106 valence electrons. The van der Waals surface area contributed by atoms with Crippen LogP contribution in [-0.2, 0) is 11.2 Å². The van der Waals surface area contributed by atoms with E-state index in [4.69, 9.17) is 5.73 Å². The number of hydrogen-bond acceptors (Lipinski definition) is 4. The van der Waals surface area contributed by atoms with E-state index in [1.807, 2.05) is 13.8 Å². The van der Waals surface area contributed by atoms with Crippen molar-refractivity contribution in [2.45, 2.75) is 26.7 Å². The van der Waals surface area contributed by atoms with Crippen LogP contribution in [-0.4, -0.2) is 47.0 Å². The number of likely N-dealkylation sites (N-methyl/N-ethyl adjacent to an activating group) is 1. The zero-order valence-corrected chi connectivity index (χ0v) is 11.6. The lowest BCUT2D eigenvalue weighted by molar-refractivity contribution is -0.128. The predicted octanol–water partition coefficient (Wildman–Crippen LogP) is 0.153. The molecule has 0 fully saturated rings. The number of anilines is 1. The van der Waals surface area contributed by atoms with Gasteiger partial charge in [-0.25, -0.2) is 0 Å². The third-order valence-electron chi connectivity index (χ3n) is 2.90. The lowest BCUT2D eigenvalue weighted by atomic mass is 10.2. The summed E-state index contributed by atoms with van der Waals surface area (Å²) in [6, 6.07) is 0. The number of nitrogens with two attached hydrogens (primary N) is 1. The number of carbonyl (C=O) groups excluding carboxylic acids is 2. The van der Waals surface area contributed by atoms with Gasteiger partial charge in [-0.2, -0.15) is 5.10 Å². The molecule has 0 spiro atoms. The molecule has 0 saturated heterocycles. The van der Waals surface area contributed by atoms with Gasteiger partial charge in [-0.05, 0) is 13.3 Å². The highest BCUT2D eigenvalue weighted by Gasteiger charge is 2.17. The van der Waals surface area contributed by atoms with Crippen LogP contribution >= 0.6 is 0 Å². The smallest absolute Gasteiger partial charge is 0.274 e. The van der Waals surface area contributed by atoms with Crippen LogP contribution in [0.5, 0.6) is 0 Å². The lowest BCUT2D eigenvalue weighted by Crippen LogP contribution is -2.38. The molecule has 4 N–H and O–H groups in total. The number of carbonyl (C=O) groups is 2. The second-order valence-corrected chi connectivity index (χ2v) is 4.31. The fourth-order valence-electron chi connectivity index (χ4n) is 1.55. The molecular formula is C12H21N5O2. The van der Waals surface area contributed by atoms with Crippen LogP contribution in [0.1, 0.15) is 36.5 Å². The molecule has 1 heterocycles. The van der Waals surface area contributed by atoms with Gasteiger partial charge in [0, 0.05) is 13.6 Å². The number of H-pyrrole nitrogens is 1. The number of nitrogen functional groups attached to an aromatic ring is 1. The Labute approximate surface area is 112 Å². The Balaban J connectivity index is 2.61. The molecule has 1 aromatic rings. The number of nitrogens with one attached hydrogen (secondary N) is 2. The number of hydrogen-bond donors (Lipinski definition) is 3. The van der Waals surface area contributed by atoms with E-state index in [9.17, 15) is 9.59 Å². The van der Waals surface area contributed by atoms with Crippen LogP contribution in [0.15, 0.2) is 0 Å². The minimum atomic E-state index is -0.436. The van der Waals surface area contributed by atoms with Gasteiger partial charge in [-0.15, -0.1) is 0 Å². The first kappa shape index (κ1) is 15.0. The average molecular weight is 267 g/mol. The Kier molecular flexibility index (Phi) is 5.35. The van der Waals surface area contributed by atoms with Crippen molar-refractivity contribution in [2.75, 3.05) is 25.9 Å². The SMILES string of the molecule is CCCc1[nH]nc(C(=O)NCC(=O)N(C)CC)c1N. The van der Waals surface area contributed by atoms with Gasteiger partial charge >= 0.3 is 0 Å². The van der Waals surface area contributed by atoms with Crippen LogP contribution in [0.4, 0.5) is 5.69 Å². The number of aromatic nitrogens is 2. The van der Waals surface area contributed by atoms with Crippen LogP contribution in [0.2, 0.25) is 0 Å². The van der Waals surface area contributed by atoms with Crippen molar-refractivity contribution in [1.29, 1.82) is 0 Å². The van der Waals surface area contributed by atoms with Gasteiger partial charge in [0.2, 0.25) is 5.91 Å². The summed E-state index contributed by atoms with van der Waals surface area (Å²) in [6.07, 6.45) is 1.65. The number of aryl methyl sites for hydroxylation is 1. The molecule has 0 aliphatic rings. The summed E-state index contributed by atoms with van der Waals surface area (Å²) in [7, 11) is 1.68. The normalized spacial score (nSPS) is 10.3. The van der Waals surface area contributed by atoms with Crippen molar-refractivity contribution >= 4 is 17.5 Å². The first-order valence-electron chi connectivity index (χ1n) is 6.36. The molecule has 19 heavy (non-hydrogen) atoms. The van der Waals surface area contributed by atoms with E-state index in [1.54, 1.807) is 7.05 Å². The van der Waals surface area contributed by atoms with Crippen LogP contribution in [0.25, 0.3) is 0 Å². The molecule has 0 aliphatic carbocycles. The van der Waals surface area contributed by atoms with Gasteiger partial charge in [0.25, 0.3) is 5.91 Å². The van der Waals surface area contributed by atoms with Gasteiger partial charge in [-0.1, -0.05) is 13.3 Å². The molecule has 0 unspecified atom stereocenters. The van der Waals surface area contributed by atoms with E-state index in [-0.39, 0.29) is 18.1 Å². The molecule has 0 bridgehead atoms. The highest BCUT2D eigenvalue weighted by Crippen LogP contribution is 2.15. The first-order chi connectivity index (χ1) is 9.01. The maximum Gasteiger partial charge on any atom is 0.274 e. The molecule has 0 atom stereocenters. The standard InChI is InChI=1S/C12H21N5O2/c1-4-6-8-10(13)11(16-15-8)12(19)14-7-9(18)17(3)5-2/h4-7,13H2,1-3H3,(H,14,19)(H,15,16). The molecule has 0 saturated carbocycles. The summed E-state index contributed by atoms with van der Waals surface area (Å²) in [6.45, 7) is 4.42. The van der Waals surface area contributed by atoms with Crippen molar-refractivity contribution in [3.63, 3.8) is 0 Å². The Bertz CT molecular complexity index is 455. The number of aromatic amines is 1. The topological polar surface area (TPSA) is 104 Å². The van der Waals surface area contributed by atoms with Crippen LogP contribution in [0.3, 0.4) is 0 Å². The van der Waals surface area contributed by atoms with Crippen molar-refractivity contribution in [3.8, 4) is 0 Å². The first-order valence-corrected chi connectivity index (χ1v) is 6.36. The Hall–Kier alpha value is -2.05. The molecular weight excluding hydrogens is 246 g/mol. The summed E-state index contributed by atoms with van der Waals surface area (Å²) < 4.78 is 0. The van der Waals surface area contributed by atoms with E-state index >= 15 is 0 Å². The number of amides is 2. The van der Waals surface area contributed by atoms with Gasteiger partial charge in [0.15, 0.2) is 5.69 Å². The molecule has 1 aromatic heterocycles. The van der Waals surface area contributed by atoms with Crippen LogP contribution in [0, 0.1) is 0 Å². The average Bonchev–Trinajstić information content (AvgIpc) is 2.77. The van der Waals surface area contributed by atoms with E-state index in [1.165, 1.54) is 4.90 Å². The Morgan fingerprint density at radius 2 is 2.11 bits per heavy atom. The summed E-state index contributed by atoms with van der Waals surface area (Å²) in [5.41, 5.74) is 7.09. The maximum atomic E-state index is 11.9. The zero-order valence-electron chi connectivity index (χ0n) is 11.6. The van der Waals surface area contributed by atoms with Crippen molar-refractivity contribution in [2.24, 2.45) is 0 Å². The number of nitrogens with zero attached hydrogens (tertiary/aromatic N) is 2. The quantitative estimate of drug-likeness (QED) is 0.682. The minimum Gasteiger partial charge on any atom is -0.395 e. The summed E-state index contributed by atoms with van der Waals surface area (Å²) in [5.74, 6) is -0.590. The second-order valence-electron chi connectivity index (χ2n) is 4.31. The molecule has 0 aromatic carbocycles. The number of rotatable bonds is 6. The minimum absolute atomic E-state index is 0.0570. The van der Waals surface area contributed by atoms with Gasteiger partial charge in [0.1, 0.15) is 0 Å². The van der Waals surface area contributed by atoms with Gasteiger partial charge < -0.3 is 16.0 Å². The van der Waals surface area contributed by atoms with Crippen molar-refractivity contribution in [1.82, 2.24) is 20.4 Å². The van der Waals surface area contributed by atoms with Crippen molar-refractivity contribution < 1.29 is 9.59 Å². The third-order valence-corrected chi connectivity index (χ3v) is 2.90. The molecule has 7 nitrogen and oxygen atoms in total. The zero-order chi connectivity index (χ0) is 14.4. The van der Waals surface area contributed by atoms with E-state index in [0.29, 0.717) is 12.2 Å². The van der Waals surface area contributed by atoms with Gasteiger partial charge in [-0.3, -0.25) is 14.7 Å². The largest absolute Gasteiger partial charge is 0.395 e. The molecule has 0 aliphatic heterocycles. The molecule has 7 heteroatoms. The van der Waals surface area contributed by atoms with Gasteiger partial charge in [0.05, 0.1) is 17.9 Å². The third kappa shape index (κ3) is 3.70. The van der Waals surface area contributed by atoms with E-state index in [2.05, 4.69) is 15.5 Å². The summed E-state index contributed by atoms with van der Waals surface area (Å²) in [5, 5.41) is 9.15. The summed E-state index contributed by atoms with van der Waals surface area (Å²) >= 11 is 0. The lowest BCUT2D eigenvalue weighted by Gasteiger charge is -2.14. The van der Waals surface area contributed by atoms with E-state index in [0.717, 1.165) is 18.5 Å². The monoisotopic (exact) mass is 267 g/mol. The van der Waals surface area contributed by atoms with E-state index < -0.39 is 5.91 Å². The fraction of sp³-hybridized carbons (Fsp3) is 0.583. The predicted molar refractivity (Wildman–Crippen MR) is 72.6 cm³/mol. The highest BCUT2D eigenvalue weighted by atomic mass is 16.2. The summed E-state index contributed by atoms with van der Waals surface area (Å²) in [4.78, 5) is 24.9. The Morgan fingerprint density at radius 3 is 2.68 bits per heavy atom. The maximum absolute atomic E-state index is 11.9. The van der Waals surface area contributed by atoms with Crippen LogP contribution < -0.4 is 11.1 Å². The molecule has 2 amide bonds.